The van der Waals surface area contributed by atoms with E-state index in [-0.39, 0.29) is 24.7 Å². The number of nitrogens with zero attached hydrogens (tertiary/aromatic N) is 1. The molecule has 1 aliphatic rings. The standard InChI is InChI=1S/C21H30N2O4/c1-15(2)14-18(21(26)27)23(20(25)17-10-6-7-11-17)22-19(24)13-12-16-8-4-3-5-9-16/h3-5,8-9,15,17-18H,6-7,10-14H2,1-2H3,(H,22,24)(H,26,27)/t18-/m0/s1/i/hD. The Bertz CT molecular complexity index is 674. The molecule has 0 aromatic heterocycles. The lowest BCUT2D eigenvalue weighted by Gasteiger charge is -2.32. The molecule has 6 heteroatoms. The van der Waals surface area contributed by atoms with Crippen molar-refractivity contribution in [2.45, 2.75) is 64.8 Å². The average molecular weight is 375 g/mol. The molecule has 2 N–H and O–H groups in total. The molecular weight excluding hydrogens is 344 g/mol. The van der Waals surface area contributed by atoms with E-state index in [0.717, 1.165) is 23.4 Å². The molecule has 6 nitrogen and oxygen atoms in total. The summed E-state index contributed by atoms with van der Waals surface area (Å²) in [5.41, 5.74) is 1.46. The second-order valence-electron chi connectivity index (χ2n) is 7.63. The Labute approximate surface area is 162 Å². The third-order valence-corrected chi connectivity index (χ3v) is 4.89. The van der Waals surface area contributed by atoms with Crippen LogP contribution in [0.15, 0.2) is 30.3 Å². The minimum Gasteiger partial charge on any atom is -0.480 e. The van der Waals surface area contributed by atoms with Gasteiger partial charge in [-0.05, 0) is 37.2 Å². The van der Waals surface area contributed by atoms with Gasteiger partial charge in [-0.2, -0.15) is 0 Å². The Balaban J connectivity index is 2.18. The van der Waals surface area contributed by atoms with Crippen LogP contribution in [-0.2, 0) is 20.8 Å². The van der Waals surface area contributed by atoms with Crippen molar-refractivity contribution in [3.63, 3.8) is 0 Å². The number of hydrazine groups is 1. The summed E-state index contributed by atoms with van der Waals surface area (Å²) < 4.78 is 8.29. The maximum Gasteiger partial charge on any atom is 0.328 e. The summed E-state index contributed by atoms with van der Waals surface area (Å²) >= 11 is 0. The van der Waals surface area contributed by atoms with Gasteiger partial charge in [0.15, 0.2) is 7.45 Å². The number of hydrogen-bond acceptors (Lipinski definition) is 3. The molecule has 0 saturated heterocycles. The minimum atomic E-state index is -1.22. The van der Waals surface area contributed by atoms with Gasteiger partial charge in [-0.25, -0.2) is 9.80 Å². The molecule has 2 rings (SSSR count). The van der Waals surface area contributed by atoms with Crippen LogP contribution in [0.5, 0.6) is 0 Å². The van der Waals surface area contributed by atoms with Gasteiger partial charge in [0.05, 0.1) is 0 Å². The molecule has 1 aromatic carbocycles. The van der Waals surface area contributed by atoms with Gasteiger partial charge in [0.2, 0.25) is 11.8 Å². The normalized spacial score (nSPS) is 16.0. The highest BCUT2D eigenvalue weighted by atomic mass is 16.4. The van der Waals surface area contributed by atoms with E-state index < -0.39 is 23.8 Å². The number of benzene rings is 1. The van der Waals surface area contributed by atoms with Crippen molar-refractivity contribution in [3.8, 4) is 0 Å². The summed E-state index contributed by atoms with van der Waals surface area (Å²) in [7, 11) is 0. The smallest absolute Gasteiger partial charge is 0.328 e. The maximum absolute atomic E-state index is 13.0. The van der Waals surface area contributed by atoms with Gasteiger partial charge < -0.3 is 5.11 Å². The van der Waals surface area contributed by atoms with Crippen LogP contribution >= 0.6 is 0 Å². The van der Waals surface area contributed by atoms with E-state index in [0.29, 0.717) is 24.7 Å². The van der Waals surface area contributed by atoms with E-state index in [9.17, 15) is 19.5 Å². The molecule has 148 valence electrons. The number of carbonyl (C=O) groups is 3. The topological polar surface area (TPSA) is 86.7 Å². The van der Waals surface area contributed by atoms with Crippen LogP contribution < -0.4 is 5.42 Å². The molecule has 2 amide bonds. The molecule has 0 unspecified atom stereocenters. The molecule has 1 fully saturated rings. The number of rotatable bonds is 8. The van der Waals surface area contributed by atoms with E-state index >= 15 is 0 Å². The molecule has 27 heavy (non-hydrogen) atoms. The Hall–Kier alpha value is -2.37. The van der Waals surface area contributed by atoms with Gasteiger partial charge in [0, 0.05) is 12.3 Å². The number of carboxylic acid groups (broad SMARTS) is 1. The Morgan fingerprint density at radius 1 is 1.22 bits per heavy atom. The van der Waals surface area contributed by atoms with Gasteiger partial charge in [0.1, 0.15) is 0 Å². The van der Waals surface area contributed by atoms with E-state index in [4.69, 9.17) is 1.41 Å². The number of carbonyl (C=O) groups excluding carboxylic acids is 2. The fraction of sp³-hybridized carbons (Fsp3) is 0.571. The monoisotopic (exact) mass is 375 g/mol. The third kappa shape index (κ3) is 6.38. The molecule has 1 atom stereocenters. The lowest BCUT2D eigenvalue weighted by atomic mass is 10.0. The second-order valence-corrected chi connectivity index (χ2v) is 7.63. The number of aliphatic carboxylic acids is 1. The van der Waals surface area contributed by atoms with Crippen LogP contribution in [0.2, 0.25) is 1.41 Å². The van der Waals surface area contributed by atoms with Crippen LogP contribution in [0.25, 0.3) is 0 Å². The zero-order valence-corrected chi connectivity index (χ0v) is 16.1. The number of aryl methyl sites for hydroxylation is 1. The van der Waals surface area contributed by atoms with Crippen molar-refractivity contribution < 1.29 is 20.9 Å². The average Bonchev–Trinajstić information content (AvgIpc) is 3.20. The SMILES string of the molecule is [2H]N(C(=O)CCc1ccccc1)N(C(=O)C1CCCC1)[C@@H](CC(C)C)C(=O)O. The molecule has 1 aliphatic carbocycles. The zero-order valence-electron chi connectivity index (χ0n) is 17.1. The van der Waals surface area contributed by atoms with E-state index in [1.165, 1.54) is 0 Å². The van der Waals surface area contributed by atoms with Crippen LogP contribution in [0.3, 0.4) is 0 Å². The summed E-state index contributed by atoms with van der Waals surface area (Å²) in [6.45, 7) is 3.72. The fourth-order valence-corrected chi connectivity index (χ4v) is 3.45. The molecule has 0 radical (unpaired) electrons. The van der Waals surface area contributed by atoms with Gasteiger partial charge in [-0.1, -0.05) is 57.0 Å². The molecule has 0 bridgehead atoms. The van der Waals surface area contributed by atoms with Crippen LogP contribution in [-0.4, -0.2) is 33.9 Å². The predicted octanol–water partition coefficient (Wildman–Crippen LogP) is 3.17. The summed E-state index contributed by atoms with van der Waals surface area (Å²) in [4.78, 5) is 37.6. The van der Waals surface area contributed by atoms with Gasteiger partial charge in [0.25, 0.3) is 0 Å². The number of hydrogen-bond donors (Lipinski definition) is 2. The Morgan fingerprint density at radius 2 is 1.85 bits per heavy atom. The number of amides is 2. The first kappa shape index (κ1) is 19.4. The molecular formula is C21H30N2O4. The van der Waals surface area contributed by atoms with E-state index in [1.54, 1.807) is 0 Å². The molecule has 1 saturated carbocycles. The molecule has 1 aromatic rings. The van der Waals surface area contributed by atoms with Crippen LogP contribution in [0, 0.1) is 11.8 Å². The quantitative estimate of drug-likeness (QED) is 0.683. The van der Waals surface area contributed by atoms with Gasteiger partial charge in [-0.15, -0.1) is 0 Å². The first-order valence-electron chi connectivity index (χ1n) is 10.2. The van der Waals surface area contributed by atoms with Crippen molar-refractivity contribution in [3.05, 3.63) is 35.9 Å². The fourth-order valence-electron chi connectivity index (χ4n) is 3.45. The highest BCUT2D eigenvalue weighted by Crippen LogP contribution is 2.27. The lowest BCUT2D eigenvalue weighted by molar-refractivity contribution is -0.159. The Kier molecular flexibility index (Phi) is 7.25. The second kappa shape index (κ2) is 10.1. The van der Waals surface area contributed by atoms with E-state index in [1.807, 2.05) is 44.2 Å². The van der Waals surface area contributed by atoms with Crippen molar-refractivity contribution in [2.75, 3.05) is 0 Å². The van der Waals surface area contributed by atoms with E-state index in [2.05, 4.69) is 0 Å². The van der Waals surface area contributed by atoms with Crippen LogP contribution in [0.4, 0.5) is 0 Å². The summed E-state index contributed by atoms with van der Waals surface area (Å²) in [6.07, 6.45) is 3.83. The number of nitrogens with one attached hydrogen (secondary N) is 1. The summed E-state index contributed by atoms with van der Waals surface area (Å²) in [5, 5.41) is 10.6. The predicted molar refractivity (Wildman–Crippen MR) is 103 cm³/mol. The largest absolute Gasteiger partial charge is 0.480 e. The maximum atomic E-state index is 13.0. The minimum absolute atomic E-state index is 0.00722. The highest BCUT2D eigenvalue weighted by molar-refractivity contribution is 5.88. The molecule has 0 spiro atoms. The zero-order chi connectivity index (χ0) is 20.7. The molecule has 0 heterocycles. The van der Waals surface area contributed by atoms with Gasteiger partial charge in [-0.3, -0.25) is 15.0 Å². The first-order chi connectivity index (χ1) is 13.3. The Morgan fingerprint density at radius 3 is 2.41 bits per heavy atom. The van der Waals surface area contributed by atoms with Crippen LogP contribution in [0.1, 0.15) is 57.9 Å². The summed E-state index contributed by atoms with van der Waals surface area (Å²) in [6, 6.07) is 8.19. The van der Waals surface area contributed by atoms with Crippen molar-refractivity contribution in [2.24, 2.45) is 11.8 Å². The number of carboxylic acids is 1. The third-order valence-electron chi connectivity index (χ3n) is 4.89. The lowest BCUT2D eigenvalue weighted by Crippen LogP contribution is -2.56. The molecule has 0 aliphatic heterocycles. The van der Waals surface area contributed by atoms with Crippen molar-refractivity contribution in [1.29, 1.82) is 0 Å². The van der Waals surface area contributed by atoms with Gasteiger partial charge >= 0.3 is 5.97 Å². The first-order valence-corrected chi connectivity index (χ1v) is 9.72. The van der Waals surface area contributed by atoms with Crippen molar-refractivity contribution in [1.82, 2.24) is 10.4 Å². The van der Waals surface area contributed by atoms with Crippen molar-refractivity contribution >= 4 is 17.8 Å². The highest BCUT2D eigenvalue weighted by Gasteiger charge is 2.36. The summed E-state index contributed by atoms with van der Waals surface area (Å²) in [5.74, 6) is -2.50.